The molecule has 6 atom stereocenters. The minimum atomic E-state index is 0.269. The average Bonchev–Trinajstić information content (AvgIpc) is 3.54. The van der Waals surface area contributed by atoms with Gasteiger partial charge in [0.1, 0.15) is 0 Å². The van der Waals surface area contributed by atoms with E-state index in [-0.39, 0.29) is 11.3 Å². The largest absolute Gasteiger partial charge is 0.335 e. The van der Waals surface area contributed by atoms with Gasteiger partial charge < -0.3 is 4.90 Å². The van der Waals surface area contributed by atoms with Crippen LogP contribution in [0.4, 0.5) is 0 Å². The van der Waals surface area contributed by atoms with Crippen LogP contribution in [0.1, 0.15) is 60.0 Å². The van der Waals surface area contributed by atoms with Crippen molar-refractivity contribution < 1.29 is 4.79 Å². The maximum Gasteiger partial charge on any atom is 0.254 e. The van der Waals surface area contributed by atoms with E-state index < -0.39 is 0 Å². The molecule has 33 heavy (non-hydrogen) atoms. The van der Waals surface area contributed by atoms with E-state index in [0.717, 1.165) is 18.0 Å². The van der Waals surface area contributed by atoms with Gasteiger partial charge in [0, 0.05) is 36.2 Å². The molecule has 2 saturated heterocycles. The van der Waals surface area contributed by atoms with E-state index in [1.165, 1.54) is 58.0 Å². The molecular weight excluding hydrogens is 404 g/mol. The zero-order chi connectivity index (χ0) is 21.8. The van der Waals surface area contributed by atoms with Crippen LogP contribution in [0.3, 0.4) is 0 Å². The molecule has 8 rings (SSSR count). The molecule has 5 unspecified atom stereocenters. The predicted octanol–water partition coefficient (Wildman–Crippen LogP) is 4.91. The second kappa shape index (κ2) is 6.50. The summed E-state index contributed by atoms with van der Waals surface area (Å²) in [5.74, 6) is 2.54. The van der Waals surface area contributed by atoms with Crippen molar-refractivity contribution in [2.75, 3.05) is 19.6 Å². The zero-order valence-electron chi connectivity index (χ0n) is 19.5. The van der Waals surface area contributed by atoms with Crippen LogP contribution in [-0.4, -0.2) is 47.4 Å². The summed E-state index contributed by atoms with van der Waals surface area (Å²) < 4.78 is 0. The maximum absolute atomic E-state index is 13.6. The van der Waals surface area contributed by atoms with Crippen molar-refractivity contribution >= 4 is 5.91 Å². The predicted molar refractivity (Wildman–Crippen MR) is 129 cm³/mol. The number of hydrogen-bond donors (Lipinski definition) is 0. The summed E-state index contributed by atoms with van der Waals surface area (Å²) in [6, 6.07) is 20.6. The van der Waals surface area contributed by atoms with Gasteiger partial charge in [0.15, 0.2) is 0 Å². The first kappa shape index (κ1) is 19.2. The Bertz CT molecular complexity index is 1130. The Hall–Kier alpha value is -2.13. The second-order valence-corrected chi connectivity index (χ2v) is 12.1. The molecule has 2 aromatic rings. The lowest BCUT2D eigenvalue weighted by Crippen LogP contribution is -2.69. The van der Waals surface area contributed by atoms with Gasteiger partial charge >= 0.3 is 0 Å². The second-order valence-electron chi connectivity index (χ2n) is 12.1. The van der Waals surface area contributed by atoms with Crippen molar-refractivity contribution in [3.8, 4) is 0 Å². The highest BCUT2D eigenvalue weighted by atomic mass is 16.2. The Morgan fingerprint density at radius 3 is 2.64 bits per heavy atom. The molecule has 0 spiro atoms. The molecule has 6 aliphatic rings. The van der Waals surface area contributed by atoms with Crippen LogP contribution in [0.25, 0.3) is 0 Å². The monoisotopic (exact) mass is 438 g/mol. The van der Waals surface area contributed by atoms with Crippen molar-refractivity contribution in [1.29, 1.82) is 0 Å². The van der Waals surface area contributed by atoms with Crippen LogP contribution in [0.2, 0.25) is 0 Å². The maximum atomic E-state index is 13.6. The number of amides is 1. The highest BCUT2D eigenvalue weighted by molar-refractivity contribution is 5.94. The molecule has 170 valence electrons. The summed E-state index contributed by atoms with van der Waals surface area (Å²) >= 11 is 0. The first-order valence-corrected chi connectivity index (χ1v) is 13.4. The minimum Gasteiger partial charge on any atom is -0.335 e. The summed E-state index contributed by atoms with van der Waals surface area (Å²) in [5, 5.41) is 0. The lowest BCUT2D eigenvalue weighted by atomic mass is 9.43. The topological polar surface area (TPSA) is 23.6 Å². The van der Waals surface area contributed by atoms with E-state index >= 15 is 0 Å². The van der Waals surface area contributed by atoms with Gasteiger partial charge in [-0.15, -0.1) is 0 Å². The number of hydrogen-bond acceptors (Lipinski definition) is 2. The first-order chi connectivity index (χ1) is 16.2. The first-order valence-electron chi connectivity index (χ1n) is 13.4. The van der Waals surface area contributed by atoms with Gasteiger partial charge in [-0.3, -0.25) is 9.69 Å². The Labute approximate surface area is 197 Å². The summed E-state index contributed by atoms with van der Waals surface area (Å²) in [7, 11) is 0. The molecule has 4 bridgehead atoms. The number of rotatable bonds is 3. The molecule has 2 heterocycles. The van der Waals surface area contributed by atoms with Crippen LogP contribution in [0.15, 0.2) is 54.6 Å². The zero-order valence-corrected chi connectivity index (χ0v) is 19.5. The quantitative estimate of drug-likeness (QED) is 0.680. The fourth-order valence-electron chi connectivity index (χ4n) is 9.90. The van der Waals surface area contributed by atoms with Crippen LogP contribution in [0, 0.1) is 23.2 Å². The molecule has 3 heteroatoms. The van der Waals surface area contributed by atoms with Crippen molar-refractivity contribution in [2.24, 2.45) is 23.2 Å². The Kier molecular flexibility index (Phi) is 3.79. The number of piperidine rings is 1. The number of fused-ring (bicyclic) bond motifs is 1. The third kappa shape index (κ3) is 2.33. The van der Waals surface area contributed by atoms with Gasteiger partial charge in [0.2, 0.25) is 0 Å². The van der Waals surface area contributed by atoms with Gasteiger partial charge in [-0.2, -0.15) is 0 Å². The third-order valence-electron chi connectivity index (χ3n) is 11.0. The summed E-state index contributed by atoms with van der Waals surface area (Å²) in [5.41, 5.74) is 4.88. The Morgan fingerprint density at radius 2 is 1.79 bits per heavy atom. The fourth-order valence-corrected chi connectivity index (χ4v) is 9.90. The van der Waals surface area contributed by atoms with Crippen LogP contribution >= 0.6 is 0 Å². The van der Waals surface area contributed by atoms with E-state index in [1.807, 2.05) is 30.3 Å². The molecule has 2 aromatic carbocycles. The normalized spacial score (nSPS) is 40.4. The number of carbonyl (C=O) groups excluding carboxylic acids is 1. The smallest absolute Gasteiger partial charge is 0.254 e. The summed E-state index contributed by atoms with van der Waals surface area (Å²) in [4.78, 5) is 18.9. The molecule has 3 nitrogen and oxygen atoms in total. The fraction of sp³-hybridized carbons (Fsp3) is 0.567. The van der Waals surface area contributed by atoms with Crippen molar-refractivity contribution in [2.45, 2.75) is 62.4 Å². The van der Waals surface area contributed by atoms with Crippen LogP contribution < -0.4 is 0 Å². The van der Waals surface area contributed by atoms with Gasteiger partial charge in [-0.05, 0) is 97.9 Å². The Balaban J connectivity index is 1.24. The third-order valence-corrected chi connectivity index (χ3v) is 11.0. The van der Waals surface area contributed by atoms with E-state index in [2.05, 4.69) is 34.1 Å². The molecule has 3 saturated carbocycles. The number of nitrogens with zero attached hydrogens (tertiary/aromatic N) is 2. The van der Waals surface area contributed by atoms with E-state index in [0.29, 0.717) is 29.3 Å². The molecule has 4 aliphatic carbocycles. The van der Waals surface area contributed by atoms with Gasteiger partial charge in [0.05, 0.1) is 0 Å². The minimum absolute atomic E-state index is 0.269. The average molecular weight is 439 g/mol. The number of likely N-dealkylation sites (tertiary alicyclic amines) is 2. The highest BCUT2D eigenvalue weighted by Crippen LogP contribution is 2.75. The Morgan fingerprint density at radius 1 is 0.970 bits per heavy atom. The van der Waals surface area contributed by atoms with Crippen molar-refractivity contribution in [1.82, 2.24) is 9.80 Å². The standard InChI is InChI=1S/C30H34N2O/c33-28(21-6-2-1-3-7-21)32-19-23-17-29-13-12-25(32)27(23)30(29)14-15-31(18-20-10-11-20)26(29)16-22-8-4-5-9-24(22)30/h1-9,20,23,25-27H,10-19H2/t23-,25?,26?,27?,29?,30?/m1/s1. The van der Waals surface area contributed by atoms with Crippen molar-refractivity contribution in [3.63, 3.8) is 0 Å². The number of carbonyl (C=O) groups is 1. The SMILES string of the molecule is O=C(c1ccccc1)N1C[C@H]2CC34CCC1C2C31CCN(CC2CC2)C4Cc2ccccc21. The lowest BCUT2D eigenvalue weighted by molar-refractivity contribution is -0.102. The number of benzene rings is 2. The molecule has 0 N–H and O–H groups in total. The molecule has 1 amide bonds. The van der Waals surface area contributed by atoms with E-state index in [4.69, 9.17) is 0 Å². The molecule has 0 aromatic heterocycles. The lowest BCUT2D eigenvalue weighted by Gasteiger charge is -2.66. The molecule has 5 fully saturated rings. The van der Waals surface area contributed by atoms with Crippen LogP contribution in [-0.2, 0) is 11.8 Å². The van der Waals surface area contributed by atoms with E-state index in [1.54, 1.807) is 11.1 Å². The van der Waals surface area contributed by atoms with Gasteiger partial charge in [0.25, 0.3) is 5.91 Å². The van der Waals surface area contributed by atoms with Gasteiger partial charge in [-0.1, -0.05) is 42.5 Å². The van der Waals surface area contributed by atoms with Crippen LogP contribution in [0.5, 0.6) is 0 Å². The van der Waals surface area contributed by atoms with Gasteiger partial charge in [-0.25, -0.2) is 0 Å². The highest BCUT2D eigenvalue weighted by Gasteiger charge is 2.76. The molecular formula is C30H34N2O. The summed E-state index contributed by atoms with van der Waals surface area (Å²) in [6.07, 6.45) is 9.30. The summed E-state index contributed by atoms with van der Waals surface area (Å²) in [6.45, 7) is 3.58. The van der Waals surface area contributed by atoms with E-state index in [9.17, 15) is 4.79 Å². The molecule has 0 radical (unpaired) electrons. The van der Waals surface area contributed by atoms with Crippen molar-refractivity contribution in [3.05, 3.63) is 71.3 Å². The molecule has 2 aliphatic heterocycles.